The van der Waals surface area contributed by atoms with Gasteiger partial charge in [0.1, 0.15) is 0 Å². The predicted octanol–water partition coefficient (Wildman–Crippen LogP) is 2.73. The molecule has 1 amide bonds. The Morgan fingerprint density at radius 3 is 2.85 bits per heavy atom. The van der Waals surface area contributed by atoms with Crippen LogP contribution in [0, 0.1) is 5.92 Å². The van der Waals surface area contributed by atoms with Gasteiger partial charge in [-0.3, -0.25) is 4.79 Å². The van der Waals surface area contributed by atoms with Crippen LogP contribution >= 0.6 is 11.6 Å². The maximum atomic E-state index is 12.4. The molecule has 1 saturated heterocycles. The van der Waals surface area contributed by atoms with Gasteiger partial charge in [0.05, 0.1) is 22.4 Å². The lowest BCUT2D eigenvalue weighted by Crippen LogP contribution is -2.45. The zero-order valence-electron chi connectivity index (χ0n) is 12.2. The molecule has 0 saturated carbocycles. The molecule has 1 heterocycles. The number of carbonyl (C=O) groups excluding carboxylic acids is 1. The van der Waals surface area contributed by atoms with E-state index >= 15 is 0 Å². The molecule has 5 heteroatoms. The number of hydrogen-bond donors (Lipinski definition) is 2. The fourth-order valence-corrected chi connectivity index (χ4v) is 2.94. The third-order valence-corrected chi connectivity index (χ3v) is 3.98. The number of hydrogen-bond acceptors (Lipinski definition) is 3. The van der Waals surface area contributed by atoms with E-state index in [1.165, 1.54) is 0 Å². The maximum absolute atomic E-state index is 12.4. The molecular weight excluding hydrogens is 274 g/mol. The average molecular weight is 296 g/mol. The molecule has 1 aromatic carbocycles. The Morgan fingerprint density at radius 2 is 2.20 bits per heavy atom. The SMILES string of the molecule is CC1CCNC(C(=O)Nc2cccc(Cl)c2N(C)C)C1. The molecule has 0 aromatic heterocycles. The van der Waals surface area contributed by atoms with Gasteiger partial charge in [0.2, 0.25) is 5.91 Å². The molecule has 110 valence electrons. The maximum Gasteiger partial charge on any atom is 0.241 e. The Kier molecular flexibility index (Phi) is 4.89. The van der Waals surface area contributed by atoms with Gasteiger partial charge in [-0.15, -0.1) is 0 Å². The molecule has 2 rings (SSSR count). The summed E-state index contributed by atoms with van der Waals surface area (Å²) in [7, 11) is 3.83. The second-order valence-corrected chi connectivity index (χ2v) is 6.06. The van der Waals surface area contributed by atoms with E-state index in [-0.39, 0.29) is 11.9 Å². The van der Waals surface area contributed by atoms with E-state index in [1.54, 1.807) is 0 Å². The minimum atomic E-state index is -0.118. The standard InChI is InChI=1S/C15H22ClN3O/c1-10-7-8-17-13(9-10)15(20)18-12-6-4-5-11(16)14(12)19(2)3/h4-6,10,13,17H,7-9H2,1-3H3,(H,18,20). The van der Waals surface area contributed by atoms with Crippen molar-refractivity contribution in [3.05, 3.63) is 23.2 Å². The minimum Gasteiger partial charge on any atom is -0.375 e. The summed E-state index contributed by atoms with van der Waals surface area (Å²) in [5.41, 5.74) is 1.60. The van der Waals surface area contributed by atoms with E-state index in [9.17, 15) is 4.79 Å². The van der Waals surface area contributed by atoms with Crippen molar-refractivity contribution in [2.45, 2.75) is 25.8 Å². The van der Waals surface area contributed by atoms with Gasteiger partial charge in [-0.25, -0.2) is 0 Å². The molecule has 2 unspecified atom stereocenters. The normalized spacial score (nSPS) is 22.4. The van der Waals surface area contributed by atoms with Gasteiger partial charge in [-0.05, 0) is 37.4 Å². The van der Waals surface area contributed by atoms with Crippen LogP contribution < -0.4 is 15.5 Å². The van der Waals surface area contributed by atoms with Crippen molar-refractivity contribution in [3.8, 4) is 0 Å². The summed E-state index contributed by atoms with van der Waals surface area (Å²) in [6.45, 7) is 3.08. The van der Waals surface area contributed by atoms with Gasteiger partial charge in [-0.1, -0.05) is 24.6 Å². The molecule has 20 heavy (non-hydrogen) atoms. The highest BCUT2D eigenvalue weighted by molar-refractivity contribution is 6.34. The molecule has 0 radical (unpaired) electrons. The summed E-state index contributed by atoms with van der Waals surface area (Å²) in [6, 6.07) is 5.44. The Labute approximate surface area is 125 Å². The van der Waals surface area contributed by atoms with E-state index in [1.807, 2.05) is 37.2 Å². The first kappa shape index (κ1) is 15.1. The summed E-state index contributed by atoms with van der Waals surface area (Å²) in [4.78, 5) is 14.3. The van der Waals surface area contributed by atoms with Crippen molar-refractivity contribution < 1.29 is 4.79 Å². The molecule has 2 N–H and O–H groups in total. The molecule has 4 nitrogen and oxygen atoms in total. The van der Waals surface area contributed by atoms with Crippen molar-refractivity contribution in [2.75, 3.05) is 30.9 Å². The fourth-order valence-electron chi connectivity index (χ4n) is 2.60. The summed E-state index contributed by atoms with van der Waals surface area (Å²) in [5, 5.41) is 6.91. The van der Waals surface area contributed by atoms with Gasteiger partial charge < -0.3 is 15.5 Å². The van der Waals surface area contributed by atoms with Gasteiger partial charge in [0.25, 0.3) is 0 Å². The van der Waals surface area contributed by atoms with Crippen LogP contribution in [0.15, 0.2) is 18.2 Å². The first-order chi connectivity index (χ1) is 9.49. The number of halogens is 1. The monoisotopic (exact) mass is 295 g/mol. The fraction of sp³-hybridized carbons (Fsp3) is 0.533. The van der Waals surface area contributed by atoms with E-state index < -0.39 is 0 Å². The largest absolute Gasteiger partial charge is 0.375 e. The van der Waals surface area contributed by atoms with Crippen LogP contribution in [0.4, 0.5) is 11.4 Å². The lowest BCUT2D eigenvalue weighted by Gasteiger charge is -2.28. The van der Waals surface area contributed by atoms with Crippen LogP contribution in [0.25, 0.3) is 0 Å². The Morgan fingerprint density at radius 1 is 1.45 bits per heavy atom. The molecule has 1 aromatic rings. The quantitative estimate of drug-likeness (QED) is 0.901. The number of nitrogens with zero attached hydrogens (tertiary/aromatic N) is 1. The second-order valence-electron chi connectivity index (χ2n) is 5.66. The van der Waals surface area contributed by atoms with E-state index in [2.05, 4.69) is 17.6 Å². The molecule has 0 aliphatic carbocycles. The van der Waals surface area contributed by atoms with Crippen molar-refractivity contribution >= 4 is 28.9 Å². The highest BCUT2D eigenvalue weighted by Crippen LogP contribution is 2.32. The Bertz CT molecular complexity index is 490. The van der Waals surface area contributed by atoms with Crippen LogP contribution in [-0.2, 0) is 4.79 Å². The average Bonchev–Trinajstić information content (AvgIpc) is 2.38. The third-order valence-electron chi connectivity index (χ3n) is 3.67. The van der Waals surface area contributed by atoms with Gasteiger partial charge in [0, 0.05) is 14.1 Å². The molecule has 2 atom stereocenters. The van der Waals surface area contributed by atoms with Crippen molar-refractivity contribution in [1.82, 2.24) is 5.32 Å². The number of rotatable bonds is 3. The van der Waals surface area contributed by atoms with E-state index in [0.29, 0.717) is 10.9 Å². The van der Waals surface area contributed by atoms with Crippen LogP contribution in [0.2, 0.25) is 5.02 Å². The molecule has 1 aliphatic rings. The molecular formula is C15H22ClN3O. The zero-order valence-corrected chi connectivity index (χ0v) is 13.0. The highest BCUT2D eigenvalue weighted by Gasteiger charge is 2.25. The number of para-hydroxylation sites is 1. The van der Waals surface area contributed by atoms with Crippen LogP contribution in [0.3, 0.4) is 0 Å². The second kappa shape index (κ2) is 6.46. The molecule has 1 aliphatic heterocycles. The minimum absolute atomic E-state index is 0.0157. The number of amides is 1. The van der Waals surface area contributed by atoms with Crippen LogP contribution in [-0.4, -0.2) is 32.6 Å². The topological polar surface area (TPSA) is 44.4 Å². The first-order valence-electron chi connectivity index (χ1n) is 6.99. The third kappa shape index (κ3) is 3.44. The Hall–Kier alpha value is -1.26. The van der Waals surface area contributed by atoms with Gasteiger partial charge in [-0.2, -0.15) is 0 Å². The van der Waals surface area contributed by atoms with Crippen LogP contribution in [0.5, 0.6) is 0 Å². The summed E-state index contributed by atoms with van der Waals surface area (Å²) in [6.07, 6.45) is 2.01. The molecule has 0 spiro atoms. The van der Waals surface area contributed by atoms with Crippen molar-refractivity contribution in [3.63, 3.8) is 0 Å². The van der Waals surface area contributed by atoms with Gasteiger partial charge >= 0.3 is 0 Å². The highest BCUT2D eigenvalue weighted by atomic mass is 35.5. The number of benzene rings is 1. The summed E-state index contributed by atoms with van der Waals surface area (Å²) < 4.78 is 0. The number of nitrogens with one attached hydrogen (secondary N) is 2. The lowest BCUT2D eigenvalue weighted by atomic mass is 9.94. The summed E-state index contributed by atoms with van der Waals surface area (Å²) in [5.74, 6) is 0.599. The summed E-state index contributed by atoms with van der Waals surface area (Å²) >= 11 is 6.21. The van der Waals surface area contributed by atoms with Crippen molar-refractivity contribution in [2.24, 2.45) is 5.92 Å². The zero-order chi connectivity index (χ0) is 14.7. The van der Waals surface area contributed by atoms with E-state index in [0.717, 1.165) is 30.8 Å². The van der Waals surface area contributed by atoms with E-state index in [4.69, 9.17) is 11.6 Å². The van der Waals surface area contributed by atoms with Crippen LogP contribution in [0.1, 0.15) is 19.8 Å². The van der Waals surface area contributed by atoms with Crippen molar-refractivity contribution in [1.29, 1.82) is 0 Å². The number of anilines is 2. The smallest absolute Gasteiger partial charge is 0.241 e. The van der Waals surface area contributed by atoms with Gasteiger partial charge in [0.15, 0.2) is 0 Å². The Balaban J connectivity index is 2.13. The predicted molar refractivity (Wildman–Crippen MR) is 84.6 cm³/mol. The molecule has 1 fully saturated rings. The molecule has 0 bridgehead atoms. The number of carbonyl (C=O) groups is 1. The number of piperidine rings is 1. The lowest BCUT2D eigenvalue weighted by molar-refractivity contribution is -0.119. The first-order valence-corrected chi connectivity index (χ1v) is 7.37.